The van der Waals surface area contributed by atoms with Crippen molar-refractivity contribution in [2.45, 2.75) is 0 Å². The number of benzene rings is 1. The molecule has 0 aromatic heterocycles. The molecule has 2 N–H and O–H groups in total. The SMILES string of the molecule is Nc1cc(Cl)c(Cl)cc1N=O. The largest absolute Gasteiger partial charge is 0.397 e. The third-order valence-electron chi connectivity index (χ3n) is 1.17. The van der Waals surface area contributed by atoms with E-state index in [9.17, 15) is 4.91 Å². The number of rotatable bonds is 1. The molecule has 1 aromatic carbocycles. The van der Waals surface area contributed by atoms with Crippen molar-refractivity contribution >= 4 is 34.6 Å². The molecule has 5 heteroatoms. The standard InChI is InChI=1S/C6H4Cl2N2O/c7-3-1-5(9)6(10-11)2-4(3)8/h1-2H,9H2. The van der Waals surface area contributed by atoms with Gasteiger partial charge in [-0.1, -0.05) is 23.2 Å². The van der Waals surface area contributed by atoms with E-state index in [0.717, 1.165) is 0 Å². The summed E-state index contributed by atoms with van der Waals surface area (Å²) in [5.74, 6) is 0. The molecule has 0 fully saturated rings. The van der Waals surface area contributed by atoms with E-state index in [4.69, 9.17) is 28.9 Å². The molecule has 0 aliphatic carbocycles. The second-order valence-corrected chi connectivity index (χ2v) is 2.73. The van der Waals surface area contributed by atoms with Gasteiger partial charge in [-0.3, -0.25) is 0 Å². The molecule has 0 unspecified atom stereocenters. The van der Waals surface area contributed by atoms with Gasteiger partial charge in [0.1, 0.15) is 5.69 Å². The number of hydrogen-bond acceptors (Lipinski definition) is 3. The number of halogens is 2. The summed E-state index contributed by atoms with van der Waals surface area (Å²) in [5, 5.41) is 3.24. The zero-order valence-corrected chi connectivity index (χ0v) is 6.86. The lowest BCUT2D eigenvalue weighted by Gasteiger charge is -1.98. The fourth-order valence-electron chi connectivity index (χ4n) is 0.631. The normalized spacial score (nSPS) is 9.64. The second kappa shape index (κ2) is 3.07. The maximum Gasteiger partial charge on any atom is 0.132 e. The average Bonchev–Trinajstić information content (AvgIpc) is 1.97. The maximum absolute atomic E-state index is 10.1. The fraction of sp³-hybridized carbons (Fsp3) is 0. The summed E-state index contributed by atoms with van der Waals surface area (Å²) < 4.78 is 0. The minimum absolute atomic E-state index is 0.111. The van der Waals surface area contributed by atoms with Crippen molar-refractivity contribution in [2.24, 2.45) is 5.18 Å². The highest BCUT2D eigenvalue weighted by Crippen LogP contribution is 2.31. The predicted molar refractivity (Wildman–Crippen MR) is 46.3 cm³/mol. The maximum atomic E-state index is 10.1. The molecule has 1 aromatic rings. The Balaban J connectivity index is 3.31. The number of nitrogens with zero attached hydrogens (tertiary/aromatic N) is 1. The zero-order valence-electron chi connectivity index (χ0n) is 5.34. The van der Waals surface area contributed by atoms with Crippen LogP contribution in [-0.4, -0.2) is 0 Å². The Morgan fingerprint density at radius 3 is 2.36 bits per heavy atom. The van der Waals surface area contributed by atoms with Crippen LogP contribution in [0, 0.1) is 4.91 Å². The molecule has 0 amide bonds. The molecule has 0 bridgehead atoms. The highest BCUT2D eigenvalue weighted by atomic mass is 35.5. The molecular weight excluding hydrogens is 187 g/mol. The molecule has 0 heterocycles. The summed E-state index contributed by atoms with van der Waals surface area (Å²) in [6.45, 7) is 0. The van der Waals surface area contributed by atoms with Gasteiger partial charge in [0, 0.05) is 0 Å². The van der Waals surface area contributed by atoms with E-state index >= 15 is 0 Å². The molecule has 0 saturated carbocycles. The van der Waals surface area contributed by atoms with Crippen LogP contribution in [0.2, 0.25) is 10.0 Å². The van der Waals surface area contributed by atoms with Crippen LogP contribution >= 0.6 is 23.2 Å². The van der Waals surface area contributed by atoms with Gasteiger partial charge in [-0.2, -0.15) is 0 Å². The Kier molecular flexibility index (Phi) is 2.31. The van der Waals surface area contributed by atoms with Crippen molar-refractivity contribution in [2.75, 3.05) is 5.73 Å². The predicted octanol–water partition coefficient (Wildman–Crippen LogP) is 2.97. The molecule has 0 spiro atoms. The van der Waals surface area contributed by atoms with Gasteiger partial charge in [0.25, 0.3) is 0 Å². The highest BCUT2D eigenvalue weighted by Gasteiger charge is 2.04. The Hall–Kier alpha value is -0.800. The first kappa shape index (κ1) is 8.30. The quantitative estimate of drug-likeness (QED) is 0.547. The van der Waals surface area contributed by atoms with Gasteiger partial charge in [0.2, 0.25) is 0 Å². The van der Waals surface area contributed by atoms with E-state index in [-0.39, 0.29) is 16.4 Å². The monoisotopic (exact) mass is 190 g/mol. The smallest absolute Gasteiger partial charge is 0.132 e. The number of nitroso groups, excluding NO2 is 1. The summed E-state index contributed by atoms with van der Waals surface area (Å²) >= 11 is 11.2. The average molecular weight is 191 g/mol. The van der Waals surface area contributed by atoms with Crippen molar-refractivity contribution in [3.63, 3.8) is 0 Å². The van der Waals surface area contributed by atoms with Gasteiger partial charge < -0.3 is 5.73 Å². The van der Waals surface area contributed by atoms with Crippen LogP contribution in [0.3, 0.4) is 0 Å². The molecule has 11 heavy (non-hydrogen) atoms. The fourth-order valence-corrected chi connectivity index (χ4v) is 0.961. The Bertz CT molecular complexity index is 301. The molecular formula is C6H4Cl2N2O. The number of anilines is 1. The lowest BCUT2D eigenvalue weighted by molar-refractivity contribution is 1.50. The van der Waals surface area contributed by atoms with Crippen LogP contribution in [0.1, 0.15) is 0 Å². The van der Waals surface area contributed by atoms with Gasteiger partial charge in [-0.25, -0.2) is 0 Å². The van der Waals surface area contributed by atoms with Crippen LogP contribution in [0.25, 0.3) is 0 Å². The second-order valence-electron chi connectivity index (χ2n) is 1.92. The Labute approximate surface area is 73.1 Å². The van der Waals surface area contributed by atoms with Gasteiger partial charge >= 0.3 is 0 Å². The molecule has 1 rings (SSSR count). The Morgan fingerprint density at radius 1 is 1.27 bits per heavy atom. The first-order chi connectivity index (χ1) is 5.15. The molecule has 0 aliphatic rings. The van der Waals surface area contributed by atoms with Gasteiger partial charge in [0.15, 0.2) is 0 Å². The highest BCUT2D eigenvalue weighted by molar-refractivity contribution is 6.42. The van der Waals surface area contributed by atoms with Crippen LogP contribution < -0.4 is 5.73 Å². The van der Waals surface area contributed by atoms with E-state index in [1.165, 1.54) is 12.1 Å². The topological polar surface area (TPSA) is 55.4 Å². The molecule has 0 aliphatic heterocycles. The van der Waals surface area contributed by atoms with E-state index in [1.807, 2.05) is 0 Å². The first-order valence-electron chi connectivity index (χ1n) is 2.73. The van der Waals surface area contributed by atoms with Crippen molar-refractivity contribution in [1.29, 1.82) is 0 Å². The van der Waals surface area contributed by atoms with E-state index in [2.05, 4.69) is 5.18 Å². The van der Waals surface area contributed by atoms with Crippen LogP contribution in [0.5, 0.6) is 0 Å². The lowest BCUT2D eigenvalue weighted by atomic mass is 10.3. The summed E-state index contributed by atoms with van der Waals surface area (Å²) in [4.78, 5) is 10.1. The molecule has 0 atom stereocenters. The lowest BCUT2D eigenvalue weighted by Crippen LogP contribution is -1.84. The third kappa shape index (κ3) is 1.61. The summed E-state index contributed by atoms with van der Waals surface area (Å²) in [6, 6.07) is 2.72. The van der Waals surface area contributed by atoms with Gasteiger partial charge in [-0.15, -0.1) is 4.91 Å². The molecule has 0 saturated heterocycles. The number of nitrogens with two attached hydrogens (primary N) is 1. The minimum Gasteiger partial charge on any atom is -0.397 e. The van der Waals surface area contributed by atoms with Gasteiger partial charge in [-0.05, 0) is 17.3 Å². The third-order valence-corrected chi connectivity index (χ3v) is 1.89. The van der Waals surface area contributed by atoms with Crippen LogP contribution in [0.15, 0.2) is 17.3 Å². The van der Waals surface area contributed by atoms with Crippen molar-refractivity contribution in [3.05, 3.63) is 27.1 Å². The van der Waals surface area contributed by atoms with Crippen molar-refractivity contribution < 1.29 is 0 Å². The minimum atomic E-state index is 0.111. The number of hydrogen-bond donors (Lipinski definition) is 1. The summed E-state index contributed by atoms with van der Waals surface area (Å²) in [6.07, 6.45) is 0. The zero-order chi connectivity index (χ0) is 8.43. The van der Waals surface area contributed by atoms with Crippen molar-refractivity contribution in [1.82, 2.24) is 0 Å². The number of nitrogen functional groups attached to an aromatic ring is 1. The van der Waals surface area contributed by atoms with Gasteiger partial charge in [0.05, 0.1) is 15.7 Å². The Morgan fingerprint density at radius 2 is 1.82 bits per heavy atom. The molecule has 0 radical (unpaired) electrons. The van der Waals surface area contributed by atoms with Crippen LogP contribution in [-0.2, 0) is 0 Å². The van der Waals surface area contributed by atoms with Crippen LogP contribution in [0.4, 0.5) is 11.4 Å². The van der Waals surface area contributed by atoms with Crippen molar-refractivity contribution in [3.8, 4) is 0 Å². The molecule has 3 nitrogen and oxygen atoms in total. The van der Waals surface area contributed by atoms with E-state index in [0.29, 0.717) is 5.02 Å². The first-order valence-corrected chi connectivity index (χ1v) is 3.48. The summed E-state index contributed by atoms with van der Waals surface area (Å²) in [5.41, 5.74) is 5.71. The van der Waals surface area contributed by atoms with E-state index < -0.39 is 0 Å². The summed E-state index contributed by atoms with van der Waals surface area (Å²) in [7, 11) is 0. The molecule has 58 valence electrons. The van der Waals surface area contributed by atoms with E-state index in [1.54, 1.807) is 0 Å².